The molecule has 2 aromatic rings. The van der Waals surface area contributed by atoms with Crippen molar-refractivity contribution in [3.05, 3.63) is 70.2 Å². The third-order valence-electron chi connectivity index (χ3n) is 4.77. The van der Waals surface area contributed by atoms with Crippen LogP contribution in [0.2, 0.25) is 5.02 Å². The molecule has 0 saturated carbocycles. The number of benzene rings is 2. The predicted molar refractivity (Wildman–Crippen MR) is 107 cm³/mol. The Kier molecular flexibility index (Phi) is 6.53. The van der Waals surface area contributed by atoms with Crippen molar-refractivity contribution in [1.82, 2.24) is 15.1 Å². The molecule has 0 spiro atoms. The summed E-state index contributed by atoms with van der Waals surface area (Å²) in [5.41, 5.74) is 3.75. The van der Waals surface area contributed by atoms with Crippen molar-refractivity contribution in [2.45, 2.75) is 19.9 Å². The van der Waals surface area contributed by atoms with Crippen LogP contribution in [-0.2, 0) is 13.0 Å². The first kappa shape index (κ1) is 18.7. The van der Waals surface area contributed by atoms with Gasteiger partial charge in [-0.15, -0.1) is 0 Å². The fourth-order valence-electron chi connectivity index (χ4n) is 3.18. The van der Waals surface area contributed by atoms with Gasteiger partial charge in [-0.2, -0.15) is 0 Å². The number of hydrogen-bond donors (Lipinski definition) is 1. The van der Waals surface area contributed by atoms with Gasteiger partial charge in [-0.1, -0.05) is 53.6 Å². The third-order valence-corrected chi connectivity index (χ3v) is 5.00. The zero-order valence-corrected chi connectivity index (χ0v) is 16.0. The van der Waals surface area contributed by atoms with Gasteiger partial charge in [0.15, 0.2) is 0 Å². The number of piperazine rings is 1. The van der Waals surface area contributed by atoms with Crippen molar-refractivity contribution in [1.29, 1.82) is 0 Å². The Labute approximate surface area is 160 Å². The lowest BCUT2D eigenvalue weighted by molar-refractivity contribution is 0.135. The molecule has 3 rings (SSSR count). The van der Waals surface area contributed by atoms with Crippen LogP contribution in [-0.4, -0.2) is 48.6 Å². The second-order valence-electron chi connectivity index (χ2n) is 6.86. The number of amides is 2. The summed E-state index contributed by atoms with van der Waals surface area (Å²) in [5.74, 6) is 0. The van der Waals surface area contributed by atoms with E-state index in [1.165, 1.54) is 11.1 Å². The zero-order chi connectivity index (χ0) is 18.4. The Morgan fingerprint density at radius 1 is 1.04 bits per heavy atom. The molecule has 0 unspecified atom stereocenters. The minimum Gasteiger partial charge on any atom is -0.338 e. The largest absolute Gasteiger partial charge is 0.338 e. The Balaban J connectivity index is 1.38. The number of carbonyl (C=O) groups is 1. The van der Waals surface area contributed by atoms with Gasteiger partial charge >= 0.3 is 6.03 Å². The van der Waals surface area contributed by atoms with Crippen molar-refractivity contribution < 1.29 is 4.79 Å². The summed E-state index contributed by atoms with van der Waals surface area (Å²) in [6.07, 6.45) is 0.791. The van der Waals surface area contributed by atoms with Gasteiger partial charge in [-0.3, -0.25) is 4.90 Å². The first-order valence-electron chi connectivity index (χ1n) is 9.15. The van der Waals surface area contributed by atoms with E-state index in [1.54, 1.807) is 0 Å². The van der Waals surface area contributed by atoms with Crippen LogP contribution in [0.25, 0.3) is 0 Å². The van der Waals surface area contributed by atoms with E-state index in [1.807, 2.05) is 29.2 Å². The first-order chi connectivity index (χ1) is 12.6. The zero-order valence-electron chi connectivity index (χ0n) is 15.2. The summed E-state index contributed by atoms with van der Waals surface area (Å²) < 4.78 is 0. The first-order valence-corrected chi connectivity index (χ1v) is 9.53. The van der Waals surface area contributed by atoms with E-state index in [9.17, 15) is 4.79 Å². The smallest absolute Gasteiger partial charge is 0.317 e. The topological polar surface area (TPSA) is 35.6 Å². The molecule has 138 valence electrons. The van der Waals surface area contributed by atoms with Crippen LogP contribution in [0.3, 0.4) is 0 Å². The lowest BCUT2D eigenvalue weighted by atomic mass is 10.1. The van der Waals surface area contributed by atoms with Crippen LogP contribution in [0.4, 0.5) is 4.79 Å². The van der Waals surface area contributed by atoms with Crippen molar-refractivity contribution in [3.8, 4) is 0 Å². The van der Waals surface area contributed by atoms with Gasteiger partial charge in [0.05, 0.1) is 0 Å². The van der Waals surface area contributed by atoms with E-state index in [0.29, 0.717) is 6.54 Å². The quantitative estimate of drug-likeness (QED) is 0.869. The molecule has 0 aromatic heterocycles. The molecule has 4 nitrogen and oxygen atoms in total. The molecule has 1 saturated heterocycles. The number of urea groups is 1. The number of nitrogens with zero attached hydrogens (tertiary/aromatic N) is 2. The van der Waals surface area contributed by atoms with Crippen LogP contribution >= 0.6 is 11.6 Å². The Bertz CT molecular complexity index is 724. The molecular formula is C21H26ClN3O. The number of nitrogens with one attached hydrogen (secondary N) is 1. The number of aryl methyl sites for hydroxylation is 1. The Hall–Kier alpha value is -2.04. The number of carbonyl (C=O) groups excluding carboxylic acids is 1. The molecule has 26 heavy (non-hydrogen) atoms. The van der Waals surface area contributed by atoms with Crippen LogP contribution in [0.5, 0.6) is 0 Å². The average Bonchev–Trinajstić information content (AvgIpc) is 2.64. The van der Waals surface area contributed by atoms with Gasteiger partial charge in [0, 0.05) is 44.3 Å². The highest BCUT2D eigenvalue weighted by atomic mass is 35.5. The van der Waals surface area contributed by atoms with Gasteiger partial charge in [0.1, 0.15) is 0 Å². The molecule has 1 aliphatic rings. The molecule has 1 heterocycles. The number of halogens is 1. The highest BCUT2D eigenvalue weighted by Gasteiger charge is 2.20. The second-order valence-corrected chi connectivity index (χ2v) is 7.30. The molecule has 0 radical (unpaired) electrons. The molecule has 1 N–H and O–H groups in total. The van der Waals surface area contributed by atoms with E-state index >= 15 is 0 Å². The molecule has 1 fully saturated rings. The Morgan fingerprint density at radius 3 is 2.46 bits per heavy atom. The number of hydrogen-bond acceptors (Lipinski definition) is 2. The predicted octanol–water partition coefficient (Wildman–Crippen LogP) is 3.72. The van der Waals surface area contributed by atoms with Gasteiger partial charge < -0.3 is 10.2 Å². The van der Waals surface area contributed by atoms with E-state index in [-0.39, 0.29) is 6.03 Å². The summed E-state index contributed by atoms with van der Waals surface area (Å²) in [6, 6.07) is 16.5. The lowest BCUT2D eigenvalue weighted by Gasteiger charge is -2.34. The van der Waals surface area contributed by atoms with Gasteiger partial charge in [0.2, 0.25) is 0 Å². The van der Waals surface area contributed by atoms with Crippen molar-refractivity contribution >= 4 is 17.6 Å². The van der Waals surface area contributed by atoms with E-state index in [2.05, 4.69) is 41.4 Å². The van der Waals surface area contributed by atoms with Crippen LogP contribution in [0.1, 0.15) is 16.7 Å². The van der Waals surface area contributed by atoms with Crippen LogP contribution in [0, 0.1) is 6.92 Å². The van der Waals surface area contributed by atoms with Crippen molar-refractivity contribution in [2.24, 2.45) is 0 Å². The molecule has 1 aliphatic heterocycles. The van der Waals surface area contributed by atoms with Gasteiger partial charge in [-0.25, -0.2) is 4.79 Å². The maximum Gasteiger partial charge on any atom is 0.317 e. The molecular weight excluding hydrogens is 346 g/mol. The molecule has 2 aromatic carbocycles. The summed E-state index contributed by atoms with van der Waals surface area (Å²) in [7, 11) is 0. The van der Waals surface area contributed by atoms with Crippen molar-refractivity contribution in [3.63, 3.8) is 0 Å². The number of rotatable bonds is 5. The van der Waals surface area contributed by atoms with Gasteiger partial charge in [-0.05, 0) is 36.6 Å². The minimum absolute atomic E-state index is 0.0296. The van der Waals surface area contributed by atoms with Crippen molar-refractivity contribution in [2.75, 3.05) is 32.7 Å². The SMILES string of the molecule is Cc1ccc(CN2CCN(C(=O)NCCc3cccc(Cl)c3)CC2)cc1. The van der Waals surface area contributed by atoms with Crippen LogP contribution in [0.15, 0.2) is 48.5 Å². The Morgan fingerprint density at radius 2 is 1.77 bits per heavy atom. The lowest BCUT2D eigenvalue weighted by Crippen LogP contribution is -2.51. The fraction of sp³-hybridized carbons (Fsp3) is 0.381. The highest BCUT2D eigenvalue weighted by molar-refractivity contribution is 6.30. The standard InChI is InChI=1S/C21H26ClN3O/c1-17-5-7-19(8-6-17)16-24-11-13-25(14-12-24)21(26)23-10-9-18-3-2-4-20(22)15-18/h2-8,15H,9-14,16H2,1H3,(H,23,26). The molecule has 5 heteroatoms. The fourth-order valence-corrected chi connectivity index (χ4v) is 3.39. The van der Waals surface area contributed by atoms with Crippen LogP contribution < -0.4 is 5.32 Å². The summed E-state index contributed by atoms with van der Waals surface area (Å²) in [5, 5.41) is 3.75. The molecule has 0 bridgehead atoms. The van der Waals surface area contributed by atoms with Gasteiger partial charge in [0.25, 0.3) is 0 Å². The van der Waals surface area contributed by atoms with E-state index < -0.39 is 0 Å². The monoisotopic (exact) mass is 371 g/mol. The third kappa shape index (κ3) is 5.48. The van der Waals surface area contributed by atoms with E-state index in [0.717, 1.165) is 49.7 Å². The average molecular weight is 372 g/mol. The maximum absolute atomic E-state index is 12.3. The van der Waals surface area contributed by atoms with E-state index in [4.69, 9.17) is 11.6 Å². The maximum atomic E-state index is 12.3. The second kappa shape index (κ2) is 9.06. The highest BCUT2D eigenvalue weighted by Crippen LogP contribution is 2.11. The summed E-state index contributed by atoms with van der Waals surface area (Å²) >= 11 is 5.99. The minimum atomic E-state index is 0.0296. The molecule has 0 aliphatic carbocycles. The molecule has 2 amide bonds. The molecule has 0 atom stereocenters. The summed E-state index contributed by atoms with van der Waals surface area (Å²) in [4.78, 5) is 16.6. The summed E-state index contributed by atoms with van der Waals surface area (Å²) in [6.45, 7) is 7.05. The normalized spacial score (nSPS) is 15.1.